The normalized spacial score (nSPS) is 66.1. The minimum Gasteiger partial charge on any atom is -0.459 e. The summed E-state index contributed by atoms with van der Waals surface area (Å²) in [6.45, 7) is 7.32. The number of fused-ring (bicyclic) bond motifs is 4. The SMILES string of the molecule is C[C@H]1[C@@H]([C@H]2O[C@]34C[C@@H]5[C@H](C[C@@H]6O[C@@H]7CC(=O)[C@@]5(C)[C@@]6(O)C7=O)[C@@H]5C[C@H](O3)[C@@H]([C@@H]54)[C@@]2(C)O)OC(=O)[C@@H]1C. The van der Waals surface area contributed by atoms with E-state index in [-0.39, 0.29) is 71.5 Å². The number of aliphatic hydroxyl groups is 2. The van der Waals surface area contributed by atoms with Crippen molar-refractivity contribution in [2.45, 2.75) is 101 Å². The molecular formula is C27H34O9. The number of hydrogen-bond donors (Lipinski definition) is 2. The van der Waals surface area contributed by atoms with Gasteiger partial charge in [-0.25, -0.2) is 0 Å². The molecule has 0 unspecified atom stereocenters. The lowest BCUT2D eigenvalue weighted by Crippen LogP contribution is -2.74. The van der Waals surface area contributed by atoms with E-state index in [1.54, 1.807) is 13.8 Å². The molecule has 0 spiro atoms. The van der Waals surface area contributed by atoms with Gasteiger partial charge in [0.05, 0.1) is 29.1 Å². The van der Waals surface area contributed by atoms with Crippen LogP contribution >= 0.6 is 0 Å². The van der Waals surface area contributed by atoms with Crippen LogP contribution in [0.4, 0.5) is 0 Å². The van der Waals surface area contributed by atoms with E-state index in [0.717, 1.165) is 6.42 Å². The minimum absolute atomic E-state index is 0.00378. The molecule has 0 aromatic rings. The van der Waals surface area contributed by atoms with Crippen molar-refractivity contribution < 1.29 is 43.5 Å². The monoisotopic (exact) mass is 502 g/mol. The maximum absolute atomic E-state index is 13.6. The highest BCUT2D eigenvalue weighted by Crippen LogP contribution is 2.74. The van der Waals surface area contributed by atoms with Crippen molar-refractivity contribution in [2.75, 3.05) is 0 Å². The van der Waals surface area contributed by atoms with Gasteiger partial charge < -0.3 is 29.2 Å². The second-order valence-electron chi connectivity index (χ2n) is 13.5. The number of ketones is 2. The number of carbonyl (C=O) groups excluding carboxylic acids is 3. The van der Waals surface area contributed by atoms with Crippen molar-refractivity contribution in [1.29, 1.82) is 0 Å². The fourth-order valence-corrected chi connectivity index (χ4v) is 10.5. The highest BCUT2D eigenvalue weighted by atomic mass is 16.7. The Balaban J connectivity index is 1.23. The summed E-state index contributed by atoms with van der Waals surface area (Å²) in [6.07, 6.45) is -1.50. The second kappa shape index (κ2) is 6.25. The van der Waals surface area contributed by atoms with Crippen molar-refractivity contribution >= 4 is 17.5 Å². The lowest BCUT2D eigenvalue weighted by molar-refractivity contribution is -0.369. The van der Waals surface area contributed by atoms with Gasteiger partial charge in [-0.3, -0.25) is 14.4 Å². The van der Waals surface area contributed by atoms with Gasteiger partial charge in [0.25, 0.3) is 0 Å². The van der Waals surface area contributed by atoms with Crippen LogP contribution in [-0.2, 0) is 33.3 Å². The predicted molar refractivity (Wildman–Crippen MR) is 119 cm³/mol. The lowest BCUT2D eigenvalue weighted by Gasteiger charge is -2.64. The summed E-state index contributed by atoms with van der Waals surface area (Å²) in [6, 6.07) is 0. The first-order chi connectivity index (χ1) is 16.9. The summed E-state index contributed by atoms with van der Waals surface area (Å²) < 4.78 is 25.2. The average Bonchev–Trinajstić information content (AvgIpc) is 3.48. The van der Waals surface area contributed by atoms with Gasteiger partial charge in [0.1, 0.15) is 24.1 Å². The number of cyclic esters (lactones) is 1. The molecule has 16 atom stereocenters. The van der Waals surface area contributed by atoms with Crippen LogP contribution in [0.2, 0.25) is 0 Å². The molecule has 9 heteroatoms. The van der Waals surface area contributed by atoms with Crippen molar-refractivity contribution in [3.05, 3.63) is 0 Å². The number of Topliss-reactive ketones (excluding diaryl/α,β-unsaturated/α-hetero) is 2. The summed E-state index contributed by atoms with van der Waals surface area (Å²) in [5.74, 6) is -2.64. The molecule has 9 nitrogen and oxygen atoms in total. The van der Waals surface area contributed by atoms with E-state index in [1.165, 1.54) is 0 Å². The van der Waals surface area contributed by atoms with Gasteiger partial charge in [-0.2, -0.15) is 0 Å². The van der Waals surface area contributed by atoms with Gasteiger partial charge in [0.2, 0.25) is 0 Å². The van der Waals surface area contributed by atoms with Gasteiger partial charge in [0.15, 0.2) is 17.2 Å². The Kier molecular flexibility index (Phi) is 3.92. The van der Waals surface area contributed by atoms with Crippen LogP contribution in [0.5, 0.6) is 0 Å². The van der Waals surface area contributed by atoms with E-state index in [2.05, 4.69) is 0 Å². The third-order valence-corrected chi connectivity index (χ3v) is 12.4. The number of carbonyl (C=O) groups is 3. The number of ether oxygens (including phenoxy) is 4. The summed E-state index contributed by atoms with van der Waals surface area (Å²) >= 11 is 0. The molecule has 36 heavy (non-hydrogen) atoms. The first-order valence-corrected chi connectivity index (χ1v) is 13.6. The van der Waals surface area contributed by atoms with E-state index in [4.69, 9.17) is 18.9 Å². The molecular weight excluding hydrogens is 468 g/mol. The van der Waals surface area contributed by atoms with Gasteiger partial charge >= 0.3 is 5.97 Å². The molecule has 196 valence electrons. The summed E-state index contributed by atoms with van der Waals surface area (Å²) in [7, 11) is 0. The maximum atomic E-state index is 13.6. The van der Waals surface area contributed by atoms with Crippen molar-refractivity contribution in [3.8, 4) is 0 Å². The molecule has 0 aromatic heterocycles. The molecule has 2 N–H and O–H groups in total. The third kappa shape index (κ3) is 2.10. The molecule has 4 heterocycles. The van der Waals surface area contributed by atoms with E-state index < -0.39 is 46.8 Å². The Morgan fingerprint density at radius 2 is 1.72 bits per heavy atom. The molecule has 4 saturated carbocycles. The van der Waals surface area contributed by atoms with Crippen LogP contribution in [0.25, 0.3) is 0 Å². The summed E-state index contributed by atoms with van der Waals surface area (Å²) in [4.78, 5) is 39.2. The molecule has 8 aliphatic rings. The van der Waals surface area contributed by atoms with Crippen LogP contribution in [0, 0.1) is 46.8 Å². The van der Waals surface area contributed by atoms with E-state index in [0.29, 0.717) is 12.8 Å². The molecule has 0 amide bonds. The second-order valence-corrected chi connectivity index (χ2v) is 13.5. The zero-order chi connectivity index (χ0) is 25.3. The van der Waals surface area contributed by atoms with E-state index >= 15 is 0 Å². The van der Waals surface area contributed by atoms with Crippen LogP contribution in [0.15, 0.2) is 0 Å². The van der Waals surface area contributed by atoms with Crippen LogP contribution in [0.3, 0.4) is 0 Å². The molecule has 4 saturated heterocycles. The summed E-state index contributed by atoms with van der Waals surface area (Å²) in [5, 5.41) is 23.8. The van der Waals surface area contributed by atoms with Crippen LogP contribution < -0.4 is 0 Å². The largest absolute Gasteiger partial charge is 0.459 e. The Bertz CT molecular complexity index is 1120. The molecule has 8 fully saturated rings. The van der Waals surface area contributed by atoms with Crippen molar-refractivity contribution in [3.63, 3.8) is 0 Å². The maximum Gasteiger partial charge on any atom is 0.309 e. The Labute approximate surface area is 209 Å². The van der Waals surface area contributed by atoms with E-state index in [9.17, 15) is 24.6 Å². The zero-order valence-corrected chi connectivity index (χ0v) is 21.0. The van der Waals surface area contributed by atoms with Crippen molar-refractivity contribution in [2.24, 2.45) is 46.8 Å². The number of esters is 1. The summed E-state index contributed by atoms with van der Waals surface area (Å²) in [5.41, 5.74) is -4.37. The van der Waals surface area contributed by atoms with E-state index in [1.807, 2.05) is 13.8 Å². The smallest absolute Gasteiger partial charge is 0.309 e. The highest BCUT2D eigenvalue weighted by Gasteiger charge is 2.83. The topological polar surface area (TPSA) is 129 Å². The standard InChI is InChI=1S/C27H34O9/c1-9-10(2)23(30)34-20(9)22-25(4,31)19-14-5-12-11-6-17-27(32)21(29)15(33-17)7-16(28)24(27,3)13(11)8-26(35-14,36-22)18(12)19/h9-15,17-20,22,31-32H,5-8H2,1-4H3/t9-,10-,11-,12+,13-,14+,15-,17+,18-,19+,20+,22-,24+,25-,26+,27+/m1/s1. The molecule has 8 rings (SSSR count). The number of hydrogen-bond acceptors (Lipinski definition) is 9. The molecule has 6 bridgehead atoms. The molecule has 4 aliphatic carbocycles. The fourth-order valence-electron chi connectivity index (χ4n) is 10.5. The zero-order valence-electron chi connectivity index (χ0n) is 21.0. The van der Waals surface area contributed by atoms with Crippen LogP contribution in [0.1, 0.15) is 53.4 Å². The average molecular weight is 503 g/mol. The van der Waals surface area contributed by atoms with Gasteiger partial charge in [-0.15, -0.1) is 0 Å². The van der Waals surface area contributed by atoms with Gasteiger partial charge in [0, 0.05) is 30.6 Å². The van der Waals surface area contributed by atoms with Crippen molar-refractivity contribution in [1.82, 2.24) is 0 Å². The Hall–Kier alpha value is -1.39. The number of rotatable bonds is 1. The molecule has 0 radical (unpaired) electrons. The van der Waals surface area contributed by atoms with Crippen LogP contribution in [-0.4, -0.2) is 75.3 Å². The molecule has 0 aromatic carbocycles. The Morgan fingerprint density at radius 1 is 0.972 bits per heavy atom. The first kappa shape index (κ1) is 22.6. The fraction of sp³-hybridized carbons (Fsp3) is 0.889. The quantitative estimate of drug-likeness (QED) is 0.500. The van der Waals surface area contributed by atoms with Gasteiger partial charge in [-0.1, -0.05) is 13.8 Å². The highest BCUT2D eigenvalue weighted by molar-refractivity contribution is 6.08. The third-order valence-electron chi connectivity index (χ3n) is 12.4. The minimum atomic E-state index is -1.83. The predicted octanol–water partition coefficient (Wildman–Crippen LogP) is 0.768. The van der Waals surface area contributed by atoms with Gasteiger partial charge in [-0.05, 0) is 44.4 Å². The Morgan fingerprint density at radius 3 is 2.42 bits per heavy atom. The lowest BCUT2D eigenvalue weighted by atomic mass is 9.43. The first-order valence-electron chi connectivity index (χ1n) is 13.6. The molecule has 4 aliphatic heterocycles.